The predicted molar refractivity (Wildman–Crippen MR) is 311 cm³/mol. The van der Waals surface area contributed by atoms with Crippen LogP contribution in [0, 0.1) is 6.33 Å². The standard InChI is InChI=1S/C70H49N5O/c1-70(2,3)46-39-40-71-66(41-46)75-62-34-14-11-27-55(62)56-38-37-49(43-65(56)75)76-48-22-15-21-47(42-48)72-44-73-68-50(45-19-5-4-6-20-45)28-16-31-59(68)67-57(51-23-7-8-24-52(51)58-30-18-36-64(72)69(58)73)29-17-35-63(67)74-60-32-12-9-25-53(60)54-26-10-13-33-61(54)74/h4-43H,1-3H3/i4D,5D,6D,19D,20D. The average molecular weight is 981 g/mol. The van der Waals surface area contributed by atoms with E-state index in [9.17, 15) is 2.74 Å². The van der Waals surface area contributed by atoms with Gasteiger partial charge in [-0.25, -0.2) is 4.98 Å². The highest BCUT2D eigenvalue weighted by Crippen LogP contribution is 2.48. The van der Waals surface area contributed by atoms with Crippen molar-refractivity contribution in [1.29, 1.82) is 0 Å². The van der Waals surface area contributed by atoms with Gasteiger partial charge in [0.1, 0.15) is 17.3 Å². The number of aromatic nitrogens is 5. The number of imidazole rings is 1. The van der Waals surface area contributed by atoms with Crippen LogP contribution < -0.4 is 9.30 Å². The molecule has 0 unspecified atom stereocenters. The van der Waals surface area contributed by atoms with Crippen LogP contribution in [0.2, 0.25) is 0 Å². The molecule has 0 saturated heterocycles. The lowest BCUT2D eigenvalue weighted by Gasteiger charge is -2.22. The Balaban J connectivity index is 0.978. The lowest BCUT2D eigenvalue weighted by molar-refractivity contribution is -0.570. The van der Waals surface area contributed by atoms with Crippen molar-refractivity contribution >= 4 is 54.6 Å². The molecule has 360 valence electrons. The van der Waals surface area contributed by atoms with Crippen molar-refractivity contribution in [3.63, 3.8) is 0 Å². The molecule has 0 N–H and O–H groups in total. The van der Waals surface area contributed by atoms with Crippen LogP contribution in [0.5, 0.6) is 11.5 Å². The summed E-state index contributed by atoms with van der Waals surface area (Å²) in [6.45, 7) is 6.64. The van der Waals surface area contributed by atoms with Gasteiger partial charge in [0.05, 0.1) is 57.0 Å². The van der Waals surface area contributed by atoms with Crippen LogP contribution in [0.4, 0.5) is 0 Å². The molecule has 0 atom stereocenters. The topological polar surface area (TPSA) is 40.8 Å². The SMILES string of the molecule is [2H]c1c([2H])c([2H])c(-c2cccc3c2-[n+]2[c-]n(-c4cccc(Oc5ccc6c7ccccc7n(-c7cc(C(C)(C)C)ccn7)c6c5)c4)c4cccc(c42)-c2ccccc2-c2cccc(-n4c5ccccc5c5ccccc54)c2-3)c([2H])c1[2H]. The van der Waals surface area contributed by atoms with Crippen molar-refractivity contribution in [2.24, 2.45) is 0 Å². The molecule has 1 aliphatic rings. The summed E-state index contributed by atoms with van der Waals surface area (Å²) in [5.41, 5.74) is 15.3. The van der Waals surface area contributed by atoms with Gasteiger partial charge >= 0.3 is 0 Å². The van der Waals surface area contributed by atoms with Crippen LogP contribution in [0.15, 0.2) is 243 Å². The average Bonchev–Trinajstić information content (AvgIpc) is 3.39. The predicted octanol–water partition coefficient (Wildman–Crippen LogP) is 17.4. The molecule has 1 aliphatic heterocycles. The normalized spacial score (nSPS) is 13.1. The quantitative estimate of drug-likeness (QED) is 0.123. The van der Waals surface area contributed by atoms with Crippen molar-refractivity contribution < 1.29 is 16.2 Å². The van der Waals surface area contributed by atoms with Crippen LogP contribution >= 0.6 is 0 Å². The van der Waals surface area contributed by atoms with Crippen LogP contribution in [0.25, 0.3) is 122 Å². The summed E-state index contributed by atoms with van der Waals surface area (Å²) in [5.74, 6) is 2.10. The van der Waals surface area contributed by atoms with E-state index in [1.807, 2.05) is 57.8 Å². The lowest BCUT2D eigenvalue weighted by Crippen LogP contribution is -2.32. The molecule has 0 saturated carbocycles. The van der Waals surface area contributed by atoms with Crippen molar-refractivity contribution in [3.05, 3.63) is 255 Å². The molecule has 0 bridgehead atoms. The smallest absolute Gasteiger partial charge is 0.269 e. The molecule has 14 aromatic rings. The minimum absolute atomic E-state index is 0.0710. The minimum Gasteiger partial charge on any atom is -0.458 e. The maximum atomic E-state index is 9.50. The van der Waals surface area contributed by atoms with Gasteiger partial charge in [-0.15, -0.1) is 0 Å². The second kappa shape index (κ2) is 16.9. The summed E-state index contributed by atoms with van der Waals surface area (Å²) < 4.78 is 61.1. The van der Waals surface area contributed by atoms with E-state index in [0.29, 0.717) is 22.7 Å². The van der Waals surface area contributed by atoms with Gasteiger partial charge in [0.2, 0.25) is 0 Å². The highest BCUT2D eigenvalue weighted by Gasteiger charge is 2.29. The molecule has 4 aromatic heterocycles. The fraction of sp³-hybridized carbons (Fsp3) is 0.0571. The first kappa shape index (κ1) is 38.8. The fourth-order valence-corrected chi connectivity index (χ4v) is 11.8. The number of benzene rings is 10. The molecule has 6 nitrogen and oxygen atoms in total. The lowest BCUT2D eigenvalue weighted by atomic mass is 9.87. The third kappa shape index (κ3) is 6.73. The van der Waals surface area contributed by atoms with Gasteiger partial charge in [0.25, 0.3) is 6.33 Å². The third-order valence-corrected chi connectivity index (χ3v) is 15.1. The molecular formula is C70H49N5O. The Morgan fingerprint density at radius 3 is 1.82 bits per heavy atom. The molecule has 0 radical (unpaired) electrons. The highest BCUT2D eigenvalue weighted by molar-refractivity contribution is 6.12. The Kier molecular flexibility index (Phi) is 8.62. The number of nitrogens with zero attached hydrogens (tertiary/aromatic N) is 5. The molecular weight excluding hydrogens is 927 g/mol. The molecule has 6 heteroatoms. The molecule has 0 amide bonds. The van der Waals surface area contributed by atoms with E-state index < -0.39 is 18.1 Å². The number of ether oxygens (including phenoxy) is 1. The Bertz CT molecular complexity index is 4900. The first-order chi connectivity index (χ1) is 39.4. The fourth-order valence-electron chi connectivity index (χ4n) is 11.8. The zero-order valence-electron chi connectivity index (χ0n) is 46.9. The molecule has 5 heterocycles. The number of rotatable bonds is 6. The summed E-state index contributed by atoms with van der Waals surface area (Å²) in [6.07, 6.45) is 5.73. The van der Waals surface area contributed by atoms with Crippen LogP contribution in [-0.2, 0) is 5.41 Å². The van der Waals surface area contributed by atoms with E-state index in [-0.39, 0.29) is 23.1 Å². The summed E-state index contributed by atoms with van der Waals surface area (Å²) >= 11 is 0. The molecule has 0 aliphatic carbocycles. The number of hydrogen-bond donors (Lipinski definition) is 0. The van der Waals surface area contributed by atoms with Gasteiger partial charge in [-0.3, -0.25) is 13.7 Å². The van der Waals surface area contributed by atoms with Gasteiger partial charge in [0, 0.05) is 39.4 Å². The first-order valence-corrected chi connectivity index (χ1v) is 25.6. The van der Waals surface area contributed by atoms with E-state index in [0.717, 1.165) is 105 Å². The van der Waals surface area contributed by atoms with Crippen LogP contribution in [-0.4, -0.2) is 18.7 Å². The first-order valence-electron chi connectivity index (χ1n) is 28.1. The number of fused-ring (bicyclic) bond motifs is 13. The molecule has 0 fully saturated rings. The summed E-state index contributed by atoms with van der Waals surface area (Å²) in [5, 5.41) is 4.44. The zero-order valence-corrected chi connectivity index (χ0v) is 41.9. The van der Waals surface area contributed by atoms with Gasteiger partial charge in [0.15, 0.2) is 0 Å². The Morgan fingerprint density at radius 1 is 0.487 bits per heavy atom. The second-order valence-corrected chi connectivity index (χ2v) is 20.5. The monoisotopic (exact) mass is 980 g/mol. The highest BCUT2D eigenvalue weighted by atomic mass is 16.5. The Labute approximate surface area is 447 Å². The Hall–Kier alpha value is -9.78. The maximum Gasteiger partial charge on any atom is 0.269 e. The largest absolute Gasteiger partial charge is 0.458 e. The summed E-state index contributed by atoms with van der Waals surface area (Å²) in [6, 6.07) is 69.0. The number of hydrogen-bond acceptors (Lipinski definition) is 2. The Morgan fingerprint density at radius 2 is 1.07 bits per heavy atom. The zero-order chi connectivity index (χ0) is 55.0. The summed E-state index contributed by atoms with van der Waals surface area (Å²) in [7, 11) is 0. The maximum absolute atomic E-state index is 9.50. The molecule has 10 aromatic carbocycles. The van der Waals surface area contributed by atoms with E-state index in [2.05, 4.69) is 200 Å². The van der Waals surface area contributed by atoms with Crippen molar-refractivity contribution in [3.8, 4) is 78.9 Å². The van der Waals surface area contributed by atoms with Gasteiger partial charge in [-0.2, -0.15) is 0 Å². The third-order valence-electron chi connectivity index (χ3n) is 15.1. The van der Waals surface area contributed by atoms with Gasteiger partial charge < -0.3 is 9.30 Å². The minimum atomic E-state index is -0.454. The van der Waals surface area contributed by atoms with Crippen LogP contribution in [0.1, 0.15) is 33.2 Å². The van der Waals surface area contributed by atoms with Crippen molar-refractivity contribution in [2.45, 2.75) is 26.2 Å². The second-order valence-electron chi connectivity index (χ2n) is 20.5. The molecule has 15 rings (SSSR count). The number of para-hydroxylation sites is 5. The molecule has 0 spiro atoms. The summed E-state index contributed by atoms with van der Waals surface area (Å²) in [4.78, 5) is 4.90. The van der Waals surface area contributed by atoms with Gasteiger partial charge in [-0.05, 0) is 117 Å². The van der Waals surface area contributed by atoms with E-state index in [1.54, 1.807) is 0 Å². The van der Waals surface area contributed by atoms with Crippen molar-refractivity contribution in [2.75, 3.05) is 0 Å². The molecule has 76 heavy (non-hydrogen) atoms. The van der Waals surface area contributed by atoms with E-state index in [1.165, 1.54) is 5.56 Å². The van der Waals surface area contributed by atoms with Crippen LogP contribution in [0.3, 0.4) is 0 Å². The van der Waals surface area contributed by atoms with E-state index in [4.69, 9.17) is 13.8 Å². The van der Waals surface area contributed by atoms with Crippen molar-refractivity contribution in [1.82, 2.24) is 18.7 Å². The van der Waals surface area contributed by atoms with Gasteiger partial charge in [-0.1, -0.05) is 184 Å². The number of pyridine rings is 1. The van der Waals surface area contributed by atoms with E-state index >= 15 is 0 Å².